The minimum Gasteiger partial charge on any atom is -0.456 e. The van der Waals surface area contributed by atoms with Crippen molar-refractivity contribution in [1.82, 2.24) is 5.32 Å². The number of hydrogen-bond donors (Lipinski definition) is 1. The average molecular weight is 445 g/mol. The fourth-order valence-corrected chi connectivity index (χ4v) is 3.82. The molecule has 3 rings (SSSR count). The van der Waals surface area contributed by atoms with Crippen LogP contribution in [-0.2, 0) is 27.4 Å². The second kappa shape index (κ2) is 10.9. The Morgan fingerprint density at radius 3 is 2.06 bits per heavy atom. The number of carbonyl (C=O) groups excluding carboxylic acids is 2. The molecule has 0 heterocycles. The van der Waals surface area contributed by atoms with Crippen molar-refractivity contribution < 1.29 is 14.3 Å². The highest BCUT2D eigenvalue weighted by molar-refractivity contribution is 5.91. The smallest absolute Gasteiger partial charge is 0.303 e. The molecule has 33 heavy (non-hydrogen) atoms. The first-order chi connectivity index (χ1) is 15.8. The molecule has 172 valence electrons. The molecule has 0 saturated heterocycles. The fourth-order valence-electron chi connectivity index (χ4n) is 3.82. The van der Waals surface area contributed by atoms with Crippen LogP contribution in [0.2, 0.25) is 0 Å². The van der Waals surface area contributed by atoms with Gasteiger partial charge in [-0.3, -0.25) is 9.59 Å². The lowest BCUT2D eigenvalue weighted by molar-refractivity contribution is -0.150. The van der Waals surface area contributed by atoms with Gasteiger partial charge in [0.25, 0.3) is 0 Å². The second-order valence-corrected chi connectivity index (χ2v) is 8.74. The standard InChI is InChI=1S/C28H32N2O3/c1-21(31)30(20-24-14-9-6-10-15-24)26-17-11-16-25(18-26)27(33-22(2)32)28(3,4)29-19-23-12-7-5-8-13-23/h5-18,27,29H,19-20H2,1-4H3/t27-/m1/s1. The molecule has 0 bridgehead atoms. The van der Waals surface area contributed by atoms with E-state index in [2.05, 4.69) is 17.4 Å². The van der Waals surface area contributed by atoms with Crippen molar-refractivity contribution in [3.8, 4) is 0 Å². The zero-order valence-corrected chi connectivity index (χ0v) is 19.7. The fraction of sp³-hybridized carbons (Fsp3) is 0.286. The van der Waals surface area contributed by atoms with Gasteiger partial charge in [0.1, 0.15) is 6.10 Å². The summed E-state index contributed by atoms with van der Waals surface area (Å²) in [6.07, 6.45) is -0.538. The molecule has 0 radical (unpaired) electrons. The molecule has 1 atom stereocenters. The highest BCUT2D eigenvalue weighted by Crippen LogP contribution is 2.33. The quantitative estimate of drug-likeness (QED) is 0.448. The van der Waals surface area contributed by atoms with E-state index in [1.807, 2.05) is 86.6 Å². The van der Waals surface area contributed by atoms with Gasteiger partial charge < -0.3 is 15.0 Å². The van der Waals surface area contributed by atoms with Crippen LogP contribution < -0.4 is 10.2 Å². The van der Waals surface area contributed by atoms with E-state index < -0.39 is 11.6 Å². The summed E-state index contributed by atoms with van der Waals surface area (Å²) in [5, 5.41) is 3.53. The SMILES string of the molecule is CC(=O)O[C@H](c1cccc(N(Cc2ccccc2)C(C)=O)c1)C(C)(C)NCc1ccccc1. The minimum atomic E-state index is -0.555. The maximum absolute atomic E-state index is 12.5. The summed E-state index contributed by atoms with van der Waals surface area (Å²) in [6, 6.07) is 27.6. The molecule has 0 aliphatic heterocycles. The largest absolute Gasteiger partial charge is 0.456 e. The van der Waals surface area contributed by atoms with Crippen molar-refractivity contribution in [1.29, 1.82) is 0 Å². The van der Waals surface area contributed by atoms with Gasteiger partial charge in [-0.05, 0) is 42.7 Å². The number of anilines is 1. The number of nitrogens with zero attached hydrogens (tertiary/aromatic N) is 1. The number of ether oxygens (including phenoxy) is 1. The third kappa shape index (κ3) is 6.77. The Labute approximate surface area is 196 Å². The van der Waals surface area contributed by atoms with Gasteiger partial charge in [0.05, 0.1) is 12.1 Å². The van der Waals surface area contributed by atoms with Gasteiger partial charge in [-0.25, -0.2) is 0 Å². The number of amides is 1. The van der Waals surface area contributed by atoms with Crippen LogP contribution in [0.1, 0.15) is 50.5 Å². The summed E-state index contributed by atoms with van der Waals surface area (Å²) < 4.78 is 5.80. The van der Waals surface area contributed by atoms with Gasteiger partial charge in [-0.2, -0.15) is 0 Å². The first-order valence-corrected chi connectivity index (χ1v) is 11.1. The summed E-state index contributed by atoms with van der Waals surface area (Å²) in [6.45, 7) is 8.12. The van der Waals surface area contributed by atoms with Crippen LogP contribution in [-0.4, -0.2) is 17.4 Å². The topological polar surface area (TPSA) is 58.6 Å². The number of nitrogens with one attached hydrogen (secondary N) is 1. The summed E-state index contributed by atoms with van der Waals surface area (Å²) in [4.78, 5) is 26.2. The zero-order valence-electron chi connectivity index (χ0n) is 19.7. The molecule has 5 heteroatoms. The van der Waals surface area contributed by atoms with Gasteiger partial charge in [0, 0.05) is 26.1 Å². The maximum Gasteiger partial charge on any atom is 0.303 e. The van der Waals surface area contributed by atoms with Gasteiger partial charge in [0.15, 0.2) is 0 Å². The van der Waals surface area contributed by atoms with E-state index in [-0.39, 0.29) is 11.9 Å². The predicted molar refractivity (Wildman–Crippen MR) is 132 cm³/mol. The number of benzene rings is 3. The van der Waals surface area contributed by atoms with Crippen LogP contribution in [0.15, 0.2) is 84.9 Å². The van der Waals surface area contributed by atoms with Crippen LogP contribution in [0.4, 0.5) is 5.69 Å². The molecule has 0 saturated carbocycles. The van der Waals surface area contributed by atoms with Crippen molar-refractivity contribution in [2.45, 2.75) is 52.4 Å². The van der Waals surface area contributed by atoms with Crippen LogP contribution in [0.25, 0.3) is 0 Å². The lowest BCUT2D eigenvalue weighted by Gasteiger charge is -2.35. The number of hydrogen-bond acceptors (Lipinski definition) is 4. The van der Waals surface area contributed by atoms with E-state index in [9.17, 15) is 9.59 Å². The summed E-state index contributed by atoms with van der Waals surface area (Å²) >= 11 is 0. The van der Waals surface area contributed by atoms with E-state index in [1.54, 1.807) is 11.8 Å². The van der Waals surface area contributed by atoms with Crippen molar-refractivity contribution in [2.24, 2.45) is 0 Å². The van der Waals surface area contributed by atoms with Crippen LogP contribution in [0.3, 0.4) is 0 Å². The third-order valence-electron chi connectivity index (χ3n) is 5.58. The first-order valence-electron chi connectivity index (χ1n) is 11.1. The normalized spacial score (nSPS) is 12.1. The summed E-state index contributed by atoms with van der Waals surface area (Å²) in [5.41, 5.74) is 3.22. The third-order valence-corrected chi connectivity index (χ3v) is 5.58. The van der Waals surface area contributed by atoms with Crippen molar-refractivity contribution >= 4 is 17.6 Å². The molecular weight excluding hydrogens is 412 g/mol. The lowest BCUT2D eigenvalue weighted by atomic mass is 9.90. The Bertz CT molecular complexity index is 1060. The van der Waals surface area contributed by atoms with Crippen molar-refractivity contribution in [3.63, 3.8) is 0 Å². The highest BCUT2D eigenvalue weighted by atomic mass is 16.5. The van der Waals surface area contributed by atoms with Crippen LogP contribution in [0.5, 0.6) is 0 Å². The predicted octanol–water partition coefficient (Wildman–Crippen LogP) is 5.41. The molecule has 3 aromatic carbocycles. The van der Waals surface area contributed by atoms with E-state index in [0.29, 0.717) is 13.1 Å². The Morgan fingerprint density at radius 2 is 1.48 bits per heavy atom. The van der Waals surface area contributed by atoms with Crippen LogP contribution in [0, 0.1) is 0 Å². The van der Waals surface area contributed by atoms with E-state index in [0.717, 1.165) is 22.4 Å². The Morgan fingerprint density at radius 1 is 0.879 bits per heavy atom. The second-order valence-electron chi connectivity index (χ2n) is 8.74. The minimum absolute atomic E-state index is 0.0542. The van der Waals surface area contributed by atoms with Crippen LogP contribution >= 0.6 is 0 Å². The molecule has 1 amide bonds. The molecular formula is C28H32N2O3. The summed E-state index contributed by atoms with van der Waals surface area (Å²) in [5.74, 6) is -0.408. The van der Waals surface area contributed by atoms with E-state index in [4.69, 9.17) is 4.74 Å². The molecule has 0 aliphatic carbocycles. The lowest BCUT2D eigenvalue weighted by Crippen LogP contribution is -2.46. The number of rotatable bonds is 9. The van der Waals surface area contributed by atoms with Gasteiger partial charge >= 0.3 is 5.97 Å². The molecule has 0 unspecified atom stereocenters. The van der Waals surface area contributed by atoms with E-state index >= 15 is 0 Å². The Kier molecular flexibility index (Phi) is 8.01. The average Bonchev–Trinajstić information content (AvgIpc) is 2.81. The molecule has 3 aromatic rings. The monoisotopic (exact) mass is 444 g/mol. The van der Waals surface area contributed by atoms with Crippen molar-refractivity contribution in [2.75, 3.05) is 4.90 Å². The van der Waals surface area contributed by atoms with Crippen molar-refractivity contribution in [3.05, 3.63) is 102 Å². The Hall–Kier alpha value is -3.44. The highest BCUT2D eigenvalue weighted by Gasteiger charge is 2.33. The van der Waals surface area contributed by atoms with Gasteiger partial charge in [-0.15, -0.1) is 0 Å². The Balaban J connectivity index is 1.88. The van der Waals surface area contributed by atoms with Gasteiger partial charge in [0.2, 0.25) is 5.91 Å². The molecule has 5 nitrogen and oxygen atoms in total. The summed E-state index contributed by atoms with van der Waals surface area (Å²) in [7, 11) is 0. The number of esters is 1. The molecule has 0 spiro atoms. The zero-order chi connectivity index (χ0) is 23.8. The van der Waals surface area contributed by atoms with E-state index in [1.165, 1.54) is 6.92 Å². The molecule has 0 aromatic heterocycles. The first kappa shape index (κ1) is 24.2. The maximum atomic E-state index is 12.5. The molecule has 0 aliphatic rings. The molecule has 1 N–H and O–H groups in total. The number of carbonyl (C=O) groups is 2. The van der Waals surface area contributed by atoms with Gasteiger partial charge in [-0.1, -0.05) is 72.8 Å². The molecule has 0 fully saturated rings.